The zero-order valence-electron chi connectivity index (χ0n) is 41.3. The Balaban J connectivity index is 0.729. The molecule has 70 heavy (non-hydrogen) atoms. The van der Waals surface area contributed by atoms with Crippen molar-refractivity contribution in [2.75, 3.05) is 26.2 Å². The lowest BCUT2D eigenvalue weighted by Crippen LogP contribution is -2.58. The van der Waals surface area contributed by atoms with E-state index in [9.17, 15) is 24.3 Å². The summed E-state index contributed by atoms with van der Waals surface area (Å²) in [6.07, 6.45) is 10.5. The summed E-state index contributed by atoms with van der Waals surface area (Å²) >= 11 is 5.23. The Bertz CT molecular complexity index is 2830. The number of thiazole rings is 1. The maximum atomic E-state index is 14.4. The van der Waals surface area contributed by atoms with E-state index in [0.29, 0.717) is 17.2 Å². The smallest absolute Gasteiger partial charge is 0.281 e. The Kier molecular flexibility index (Phi) is 13.7. The molecule has 370 valence electrons. The zero-order chi connectivity index (χ0) is 49.1. The topological polar surface area (TPSA) is 150 Å². The number of rotatable bonds is 10. The monoisotopic (exact) mass is 1030 g/mol. The van der Waals surface area contributed by atoms with Gasteiger partial charge in [0, 0.05) is 29.9 Å². The quantitative estimate of drug-likeness (QED) is 0.125. The molecule has 10 rings (SSSR count). The number of nitrogens with zero attached hydrogens (tertiary/aromatic N) is 5. The van der Waals surface area contributed by atoms with Gasteiger partial charge >= 0.3 is 0 Å². The van der Waals surface area contributed by atoms with Gasteiger partial charge in [-0.05, 0) is 152 Å². The molecule has 3 N–H and O–H groups in total. The summed E-state index contributed by atoms with van der Waals surface area (Å²) in [5.41, 5.74) is 8.66. The average Bonchev–Trinajstić information content (AvgIpc) is 4.04. The lowest BCUT2D eigenvalue weighted by molar-refractivity contribution is -0.145. The highest BCUT2D eigenvalue weighted by Crippen LogP contribution is 2.52. The average molecular weight is 1030 g/mol. The second kappa shape index (κ2) is 19.7. The van der Waals surface area contributed by atoms with Crippen molar-refractivity contribution < 1.29 is 19.5 Å². The summed E-state index contributed by atoms with van der Waals surface area (Å²) in [4.78, 5) is 70.2. The number of amides is 3. The number of piperidine rings is 1. The fraction of sp³-hybridized carbons (Fsp3) is 0.536. The fourth-order valence-corrected chi connectivity index (χ4v) is 14.0. The zero-order valence-corrected chi connectivity index (χ0v) is 43.7. The molecular formula is C56H68BrN7O5S. The Morgan fingerprint density at radius 3 is 2.34 bits per heavy atom. The van der Waals surface area contributed by atoms with Gasteiger partial charge in [-0.25, -0.2) is 4.98 Å². The van der Waals surface area contributed by atoms with Crippen LogP contribution >= 0.6 is 27.3 Å². The lowest BCUT2D eigenvalue weighted by Gasteiger charge is -2.38. The molecule has 2 aliphatic carbocycles. The van der Waals surface area contributed by atoms with Crippen molar-refractivity contribution in [3.63, 3.8) is 0 Å². The standard InChI is InChI=1S/C56H68BrN7O5S/c1-33(36-16-18-38(19-17-36)48-34(2)58-32-70-48)59-51(67)46-29-41(65)31-63(46)53(69)49(55(3,4)5)60-50(66)39-14-12-35(13-15-39)30-62-26-22-37(23-27-62)40-20-21-44-42(28-40)56(24-7-6-8-25-56)54-61-52(68)47-43(57)10-9-11-45(47)64(44)54/h9-11,16-21,28,32-33,35,37,39,41,46,49,65H,6-8,12-15,22-27,29-31H2,1-5H3,(H,59,67)(H,60,66)/t33-,35?,39?,41?,46-,49+/m0/s1. The fourth-order valence-electron chi connectivity index (χ4n) is 12.6. The Hall–Kier alpha value is -4.76. The maximum Gasteiger partial charge on any atom is 0.281 e. The van der Waals surface area contributed by atoms with E-state index in [2.05, 4.69) is 65.3 Å². The van der Waals surface area contributed by atoms with Crippen LogP contribution in [-0.2, 0) is 19.8 Å². The maximum absolute atomic E-state index is 14.4. The number of aromatic nitrogens is 3. The number of hydrogen-bond donors (Lipinski definition) is 3. The van der Waals surface area contributed by atoms with Crippen LogP contribution in [0.2, 0.25) is 0 Å². The minimum atomic E-state index is -0.850. The van der Waals surface area contributed by atoms with E-state index in [-0.39, 0.29) is 53.6 Å². The first kappa shape index (κ1) is 48.8. The van der Waals surface area contributed by atoms with Crippen molar-refractivity contribution >= 4 is 55.9 Å². The van der Waals surface area contributed by atoms with Gasteiger partial charge in [-0.15, -0.1) is 11.3 Å². The van der Waals surface area contributed by atoms with Gasteiger partial charge in [0.25, 0.3) is 5.56 Å². The van der Waals surface area contributed by atoms with Crippen molar-refractivity contribution in [3.8, 4) is 16.1 Å². The van der Waals surface area contributed by atoms with Crippen molar-refractivity contribution in [2.24, 2.45) is 17.3 Å². The number of hydrogen-bond acceptors (Lipinski definition) is 9. The molecule has 4 fully saturated rings. The molecule has 4 atom stereocenters. The second-order valence-electron chi connectivity index (χ2n) is 22.2. The molecule has 5 aliphatic rings. The third kappa shape index (κ3) is 9.31. The number of likely N-dealkylation sites (tertiary alicyclic amines) is 2. The van der Waals surface area contributed by atoms with E-state index in [1.165, 1.54) is 28.1 Å². The van der Waals surface area contributed by atoms with Crippen molar-refractivity contribution in [2.45, 2.75) is 147 Å². The molecule has 3 amide bonds. The minimum Gasteiger partial charge on any atom is -0.391 e. The van der Waals surface area contributed by atoms with Gasteiger partial charge < -0.3 is 25.5 Å². The molecule has 2 saturated heterocycles. The molecule has 3 aromatic carbocycles. The molecule has 2 aromatic heterocycles. The van der Waals surface area contributed by atoms with Crippen LogP contribution in [0.5, 0.6) is 0 Å². The highest BCUT2D eigenvalue weighted by molar-refractivity contribution is 9.10. The van der Waals surface area contributed by atoms with Gasteiger partial charge in [0.2, 0.25) is 17.7 Å². The molecule has 0 radical (unpaired) electrons. The molecule has 2 saturated carbocycles. The molecule has 3 aliphatic heterocycles. The summed E-state index contributed by atoms with van der Waals surface area (Å²) in [7, 11) is 0. The van der Waals surface area contributed by atoms with Gasteiger partial charge in [-0.2, -0.15) is 4.98 Å². The van der Waals surface area contributed by atoms with Gasteiger partial charge in [0.1, 0.15) is 17.9 Å². The van der Waals surface area contributed by atoms with Crippen LogP contribution in [0.25, 0.3) is 27.0 Å². The molecule has 1 spiro atoms. The second-order valence-corrected chi connectivity index (χ2v) is 24.0. The van der Waals surface area contributed by atoms with Crippen LogP contribution in [0, 0.1) is 24.2 Å². The summed E-state index contributed by atoms with van der Waals surface area (Å²) in [6.45, 7) is 12.9. The third-order valence-corrected chi connectivity index (χ3v) is 18.3. The van der Waals surface area contributed by atoms with E-state index < -0.39 is 23.6 Å². The van der Waals surface area contributed by atoms with Gasteiger partial charge in [0.05, 0.1) is 50.2 Å². The number of fused-ring (bicyclic) bond motifs is 7. The predicted molar refractivity (Wildman–Crippen MR) is 279 cm³/mol. The largest absolute Gasteiger partial charge is 0.391 e. The minimum absolute atomic E-state index is 0.0407. The molecule has 12 nitrogen and oxygen atoms in total. The summed E-state index contributed by atoms with van der Waals surface area (Å²) < 4.78 is 3.07. The SMILES string of the molecule is Cc1ncsc1-c1ccc([C@H](C)NC(=O)[C@@H]2CC(O)CN2C(=O)[C@@H](NC(=O)C2CCC(CN3CCC(c4ccc5c(c4)C4(CCCCC4)c4nc(=O)c6c(Br)cccc6n4-5)CC3)CC2)C(C)(C)C)cc1. The number of aryl methyl sites for hydroxylation is 1. The van der Waals surface area contributed by atoms with Crippen molar-refractivity contribution in [1.82, 2.24) is 35.0 Å². The Morgan fingerprint density at radius 1 is 0.929 bits per heavy atom. The van der Waals surface area contributed by atoms with E-state index in [0.717, 1.165) is 121 Å². The van der Waals surface area contributed by atoms with Crippen LogP contribution < -0.4 is 16.2 Å². The highest BCUT2D eigenvalue weighted by Gasteiger charge is 2.48. The van der Waals surface area contributed by atoms with Crippen LogP contribution in [0.15, 0.2) is 75.4 Å². The molecule has 0 bridgehead atoms. The molecule has 14 heteroatoms. The van der Waals surface area contributed by atoms with E-state index in [1.54, 1.807) is 11.3 Å². The van der Waals surface area contributed by atoms with Crippen LogP contribution in [-0.4, -0.2) is 91.5 Å². The third-order valence-electron chi connectivity index (χ3n) is 16.6. The number of β-amino-alcohol motifs (C(OH)–C–C–N with tert-alkyl or cyclic N) is 1. The number of carbonyl (C=O) groups is 3. The predicted octanol–water partition coefficient (Wildman–Crippen LogP) is 9.50. The van der Waals surface area contributed by atoms with Crippen molar-refractivity contribution in [3.05, 3.63) is 109 Å². The number of carbonyl (C=O) groups excluding carboxylic acids is 3. The van der Waals surface area contributed by atoms with Gasteiger partial charge in [-0.1, -0.05) is 82.5 Å². The summed E-state index contributed by atoms with van der Waals surface area (Å²) in [5.74, 6) is 0.983. The van der Waals surface area contributed by atoms with Gasteiger partial charge in [0.15, 0.2) is 0 Å². The molecule has 1 unspecified atom stereocenters. The first-order valence-electron chi connectivity index (χ1n) is 25.8. The molecule has 5 aromatic rings. The summed E-state index contributed by atoms with van der Waals surface area (Å²) in [6, 6.07) is 19.2. The van der Waals surface area contributed by atoms with Crippen LogP contribution in [0.3, 0.4) is 0 Å². The lowest BCUT2D eigenvalue weighted by atomic mass is 9.69. The first-order valence-corrected chi connectivity index (χ1v) is 27.5. The van der Waals surface area contributed by atoms with E-state index >= 15 is 0 Å². The van der Waals surface area contributed by atoms with Crippen molar-refractivity contribution in [1.29, 1.82) is 0 Å². The Labute approximate surface area is 424 Å². The number of benzene rings is 3. The summed E-state index contributed by atoms with van der Waals surface area (Å²) in [5, 5.41) is 17.7. The number of aliphatic hydroxyl groups is 1. The highest BCUT2D eigenvalue weighted by atomic mass is 79.9. The molecular weight excluding hydrogens is 963 g/mol. The molecule has 5 heterocycles. The van der Waals surface area contributed by atoms with Gasteiger partial charge in [-0.3, -0.25) is 23.7 Å². The number of aliphatic hydroxyl groups excluding tert-OH is 1. The van der Waals surface area contributed by atoms with E-state index in [1.807, 2.05) is 76.5 Å². The van der Waals surface area contributed by atoms with E-state index in [4.69, 9.17) is 4.98 Å². The Morgan fingerprint density at radius 2 is 1.66 bits per heavy atom. The van der Waals surface area contributed by atoms with Crippen LogP contribution in [0.4, 0.5) is 0 Å². The first-order chi connectivity index (χ1) is 33.6. The number of halogens is 1. The van der Waals surface area contributed by atoms with Crippen LogP contribution in [0.1, 0.15) is 145 Å². The number of nitrogens with one attached hydrogen (secondary N) is 2. The normalized spacial score (nSPS) is 23.5.